The Balaban J connectivity index is 1.97. The van der Waals surface area contributed by atoms with Gasteiger partial charge in [0.2, 0.25) is 38.6 Å². The minimum absolute atomic E-state index is 0.252. The smallest absolute Gasteiger partial charge is 0.356 e. The van der Waals surface area contributed by atoms with E-state index in [0.717, 1.165) is 4.90 Å². The van der Waals surface area contributed by atoms with E-state index in [4.69, 9.17) is 0 Å². The minimum Gasteiger partial charge on any atom is -0.356 e. The Bertz CT molecular complexity index is 1250. The molecule has 238 valence electrons. The molecular formula is C25H34F6N4O6S. The number of rotatable bonds is 8. The van der Waals surface area contributed by atoms with E-state index in [2.05, 4.69) is 10.6 Å². The topological polar surface area (TPSA) is 142 Å². The van der Waals surface area contributed by atoms with Crippen molar-refractivity contribution in [1.82, 2.24) is 20.9 Å². The number of hydrogen-bond acceptors (Lipinski definition) is 6. The second-order valence-corrected chi connectivity index (χ2v) is 14.2. The van der Waals surface area contributed by atoms with E-state index in [0.29, 0.717) is 12.3 Å². The maximum Gasteiger partial charge on any atom is 0.471 e. The molecule has 2 saturated heterocycles. The number of hydrogen-bond donors (Lipinski definition) is 3. The second kappa shape index (κ2) is 11.7. The summed E-state index contributed by atoms with van der Waals surface area (Å²) in [5.41, 5.74) is -1.31. The van der Waals surface area contributed by atoms with Crippen LogP contribution in [0.1, 0.15) is 46.5 Å². The van der Waals surface area contributed by atoms with E-state index in [9.17, 15) is 53.9 Å². The molecule has 0 aromatic rings. The SMILES string of the molecule is CC(C)(C)[C@H](NC(=O)C(F)(F)F)C(=O)N1C[C@@H]2CC(F)(F)C[C@@H]2[C@@H]1C(=O)N[C@@H](/C=C(/F)S(C)(=O)=O)C[C@H]1CCNC1=O. The Morgan fingerprint density at radius 2 is 1.76 bits per heavy atom. The molecule has 0 radical (unpaired) electrons. The molecule has 1 aliphatic carbocycles. The number of likely N-dealkylation sites (tertiary alicyclic amines) is 1. The predicted molar refractivity (Wildman–Crippen MR) is 136 cm³/mol. The number of halogens is 6. The van der Waals surface area contributed by atoms with Gasteiger partial charge in [0, 0.05) is 38.1 Å². The van der Waals surface area contributed by atoms with Gasteiger partial charge in [0.25, 0.3) is 0 Å². The molecule has 2 aliphatic heterocycles. The van der Waals surface area contributed by atoms with Crippen LogP contribution in [0.15, 0.2) is 11.2 Å². The van der Waals surface area contributed by atoms with Crippen LogP contribution in [0.2, 0.25) is 0 Å². The first-order chi connectivity index (χ1) is 19.0. The fraction of sp³-hybridized carbons (Fsp3) is 0.760. The molecule has 0 aromatic carbocycles. The summed E-state index contributed by atoms with van der Waals surface area (Å²) >= 11 is 0. The van der Waals surface area contributed by atoms with Crippen molar-refractivity contribution < 1.29 is 53.9 Å². The fourth-order valence-corrected chi connectivity index (χ4v) is 6.19. The van der Waals surface area contributed by atoms with Gasteiger partial charge in [0.1, 0.15) is 12.1 Å². The van der Waals surface area contributed by atoms with E-state index in [-0.39, 0.29) is 19.4 Å². The van der Waals surface area contributed by atoms with Crippen molar-refractivity contribution in [3.05, 3.63) is 11.2 Å². The zero-order valence-electron chi connectivity index (χ0n) is 23.4. The van der Waals surface area contributed by atoms with Crippen molar-refractivity contribution in [1.29, 1.82) is 0 Å². The lowest BCUT2D eigenvalue weighted by Crippen LogP contribution is -2.60. The molecule has 3 rings (SSSR count). The Morgan fingerprint density at radius 3 is 2.26 bits per heavy atom. The largest absolute Gasteiger partial charge is 0.471 e. The summed E-state index contributed by atoms with van der Waals surface area (Å²) in [5.74, 6) is -11.0. The normalized spacial score (nSPS) is 27.7. The molecule has 1 saturated carbocycles. The minimum atomic E-state index is -5.33. The average Bonchev–Trinajstić information content (AvgIpc) is 3.45. The lowest BCUT2D eigenvalue weighted by molar-refractivity contribution is -0.176. The van der Waals surface area contributed by atoms with Gasteiger partial charge in [-0.1, -0.05) is 20.8 Å². The summed E-state index contributed by atoms with van der Waals surface area (Å²) in [6.45, 7) is 3.97. The van der Waals surface area contributed by atoms with Gasteiger partial charge >= 0.3 is 12.1 Å². The standard InChI is InChI=1S/C25H34F6N4O6S/c1-23(2,3)18(34-22(39)25(29,30)31)21(38)35-11-13-9-24(27,28)10-15(13)17(35)20(37)33-14(8-16(26)42(4,40)41)7-12-5-6-32-19(12)36/h8,12-15,17-18H,5-7,9-11H2,1-4H3,(H,32,36)(H,33,37)(H,34,39)/b16-8-/t12-,13+,14-,15+,17-,18-/m1/s1. The van der Waals surface area contributed by atoms with Crippen LogP contribution in [0.4, 0.5) is 26.3 Å². The molecule has 2 heterocycles. The quantitative estimate of drug-likeness (QED) is 0.349. The van der Waals surface area contributed by atoms with E-state index < -0.39 is 111 Å². The fourth-order valence-electron chi connectivity index (χ4n) is 5.78. The van der Waals surface area contributed by atoms with Crippen molar-refractivity contribution in [2.45, 2.75) is 76.7 Å². The Hall–Kier alpha value is -2.85. The predicted octanol–water partition coefficient (Wildman–Crippen LogP) is 1.82. The maximum absolute atomic E-state index is 14.5. The molecule has 10 nitrogen and oxygen atoms in total. The van der Waals surface area contributed by atoms with Gasteiger partial charge in [-0.15, -0.1) is 0 Å². The van der Waals surface area contributed by atoms with E-state index >= 15 is 0 Å². The third kappa shape index (κ3) is 7.75. The summed E-state index contributed by atoms with van der Waals surface area (Å²) < 4.78 is 106. The van der Waals surface area contributed by atoms with Gasteiger partial charge in [-0.25, -0.2) is 17.2 Å². The number of fused-ring (bicyclic) bond motifs is 1. The zero-order chi connectivity index (χ0) is 32.0. The van der Waals surface area contributed by atoms with E-state index in [1.54, 1.807) is 5.32 Å². The van der Waals surface area contributed by atoms with Gasteiger partial charge in [-0.3, -0.25) is 19.2 Å². The van der Waals surface area contributed by atoms with Gasteiger partial charge in [0.05, 0.1) is 6.04 Å². The molecule has 4 amide bonds. The average molecular weight is 633 g/mol. The molecule has 3 N–H and O–H groups in total. The summed E-state index contributed by atoms with van der Waals surface area (Å²) in [6, 6.07) is -4.87. The third-order valence-corrected chi connectivity index (χ3v) is 8.63. The number of sulfone groups is 1. The first kappa shape index (κ1) is 33.6. The van der Waals surface area contributed by atoms with Crippen molar-refractivity contribution >= 4 is 33.5 Å². The van der Waals surface area contributed by atoms with Gasteiger partial charge in [-0.05, 0) is 36.2 Å². The summed E-state index contributed by atoms with van der Waals surface area (Å²) in [6.07, 6.45) is -5.67. The number of carbonyl (C=O) groups is 4. The summed E-state index contributed by atoms with van der Waals surface area (Å²) in [7, 11) is -4.36. The Kier molecular flexibility index (Phi) is 9.36. The highest BCUT2D eigenvalue weighted by molar-refractivity contribution is 7.94. The number of amides is 4. The van der Waals surface area contributed by atoms with E-state index in [1.165, 1.54) is 20.8 Å². The van der Waals surface area contributed by atoms with Crippen molar-refractivity contribution in [3.63, 3.8) is 0 Å². The second-order valence-electron chi connectivity index (χ2n) is 12.3. The molecule has 6 atom stereocenters. The zero-order valence-corrected chi connectivity index (χ0v) is 24.2. The van der Waals surface area contributed by atoms with Gasteiger partial charge in [-0.2, -0.15) is 17.6 Å². The van der Waals surface area contributed by atoms with Crippen LogP contribution in [0.25, 0.3) is 0 Å². The van der Waals surface area contributed by atoms with Gasteiger partial charge < -0.3 is 20.9 Å². The van der Waals surface area contributed by atoms with Crippen molar-refractivity contribution in [3.8, 4) is 0 Å². The summed E-state index contributed by atoms with van der Waals surface area (Å²) in [5, 5.41) is 4.95. The first-order valence-electron chi connectivity index (χ1n) is 13.2. The molecule has 3 aliphatic rings. The molecular weight excluding hydrogens is 598 g/mol. The van der Waals surface area contributed by atoms with Crippen LogP contribution >= 0.6 is 0 Å². The molecule has 0 aromatic heterocycles. The van der Waals surface area contributed by atoms with Crippen LogP contribution in [0.5, 0.6) is 0 Å². The molecule has 0 unspecified atom stereocenters. The number of nitrogens with one attached hydrogen (secondary N) is 3. The first-order valence-corrected chi connectivity index (χ1v) is 15.1. The molecule has 0 spiro atoms. The Morgan fingerprint density at radius 1 is 1.14 bits per heavy atom. The van der Waals surface area contributed by atoms with Crippen LogP contribution in [-0.4, -0.2) is 86.5 Å². The number of nitrogens with zero attached hydrogens (tertiary/aromatic N) is 1. The van der Waals surface area contributed by atoms with E-state index in [1.807, 2.05) is 0 Å². The van der Waals surface area contributed by atoms with Crippen LogP contribution in [0.3, 0.4) is 0 Å². The molecule has 0 bridgehead atoms. The summed E-state index contributed by atoms with van der Waals surface area (Å²) in [4.78, 5) is 52.0. The van der Waals surface area contributed by atoms with Crippen LogP contribution in [0, 0.1) is 23.2 Å². The third-order valence-electron chi connectivity index (χ3n) is 7.79. The van der Waals surface area contributed by atoms with Crippen molar-refractivity contribution in [2.75, 3.05) is 19.3 Å². The lowest BCUT2D eigenvalue weighted by Gasteiger charge is -2.37. The highest BCUT2D eigenvalue weighted by Gasteiger charge is 2.59. The monoisotopic (exact) mass is 632 g/mol. The number of alkyl halides is 5. The van der Waals surface area contributed by atoms with Crippen LogP contribution in [-0.2, 0) is 29.0 Å². The lowest BCUT2D eigenvalue weighted by atomic mass is 9.85. The molecule has 42 heavy (non-hydrogen) atoms. The van der Waals surface area contributed by atoms with Gasteiger partial charge in [0.15, 0.2) is 0 Å². The molecule has 17 heteroatoms. The maximum atomic E-state index is 14.5. The van der Waals surface area contributed by atoms with Crippen molar-refractivity contribution in [2.24, 2.45) is 23.2 Å². The highest BCUT2D eigenvalue weighted by atomic mass is 32.2. The Labute approximate surface area is 238 Å². The van der Waals surface area contributed by atoms with Crippen LogP contribution < -0.4 is 16.0 Å². The molecule has 3 fully saturated rings. The number of carbonyl (C=O) groups excluding carboxylic acids is 4. The highest BCUT2D eigenvalue weighted by Crippen LogP contribution is 2.50.